The Labute approximate surface area is 239 Å². The molecule has 1 unspecified atom stereocenters. The second-order valence-corrected chi connectivity index (χ2v) is 16.3. The van der Waals surface area contributed by atoms with Crippen molar-refractivity contribution in [2.24, 2.45) is 0 Å². The van der Waals surface area contributed by atoms with Crippen LogP contribution in [0.3, 0.4) is 0 Å². The van der Waals surface area contributed by atoms with Gasteiger partial charge in [-0.15, -0.1) is 12.6 Å². The van der Waals surface area contributed by atoms with Crippen LogP contribution in [0, 0.1) is 0 Å². The molecule has 0 aliphatic rings. The van der Waals surface area contributed by atoms with E-state index in [4.69, 9.17) is 0 Å². The van der Waals surface area contributed by atoms with Gasteiger partial charge in [0.05, 0.1) is 37.0 Å². The number of rotatable bonds is 18. The van der Waals surface area contributed by atoms with E-state index in [0.717, 1.165) is 0 Å². The Balaban J connectivity index is -0.000000497. The largest absolute Gasteiger partial charge is 0.445 e. The predicted octanol–water partition coefficient (Wildman–Crippen LogP) is 10.2. The lowest BCUT2D eigenvalue weighted by molar-refractivity contribution is -0.528. The molecular weight excluding hydrogens is 465 g/mol. The van der Waals surface area contributed by atoms with Gasteiger partial charge in [-0.1, -0.05) is 121 Å². The van der Waals surface area contributed by atoms with E-state index in [1.165, 1.54) is 89.7 Å². The molecule has 224 valence electrons. The molecule has 37 heavy (non-hydrogen) atoms. The minimum absolute atomic E-state index is 0.105. The first kappa shape index (κ1) is 41.3. The van der Waals surface area contributed by atoms with E-state index in [0.29, 0.717) is 0 Å². The smallest absolute Gasteiger partial charge is 0.174 e. The molecule has 5 heteroatoms. The minimum atomic E-state index is -0.562. The number of hydrogen-bond acceptors (Lipinski definition) is 0. The average Bonchev–Trinajstić information content (AvgIpc) is 3.41. The molecule has 0 aliphatic carbocycles. The van der Waals surface area contributed by atoms with E-state index < -0.39 is 7.26 Å². The van der Waals surface area contributed by atoms with E-state index in [-0.39, 0.29) is 14.3 Å². The van der Waals surface area contributed by atoms with Crippen molar-refractivity contribution in [2.75, 3.05) is 24.6 Å². The third-order valence-electron chi connectivity index (χ3n) is 7.80. The molecule has 0 fully saturated rings. The summed E-state index contributed by atoms with van der Waals surface area (Å²) in [7, 11) is -0.458. The van der Waals surface area contributed by atoms with Gasteiger partial charge in [-0.05, 0) is 25.7 Å². The van der Waals surface area contributed by atoms with Gasteiger partial charge >= 0.3 is 0 Å². The second kappa shape index (κ2) is 32.0. The first-order valence-electron chi connectivity index (χ1n) is 17.4. The highest BCUT2D eigenvalue weighted by Gasteiger charge is 2.34. The first-order valence-corrected chi connectivity index (χ1v) is 19.9. The van der Waals surface area contributed by atoms with Crippen molar-refractivity contribution in [1.82, 2.24) is 4.48 Å². The maximum atomic E-state index is 2.39. The SMILES string of the molecule is CCCC.CCCC.CCCC[P+](CCCC)(CCCC)CCCC.CC[BH2-][n+]1ccn([BH-](C)CC)c1. The van der Waals surface area contributed by atoms with Gasteiger partial charge in [0.15, 0.2) is 14.3 Å². The lowest BCUT2D eigenvalue weighted by Crippen LogP contribution is -2.37. The fraction of sp³-hybridized carbons (Fsp3) is 0.906. The van der Waals surface area contributed by atoms with Crippen molar-refractivity contribution < 1.29 is 4.48 Å². The molecule has 0 amide bonds. The van der Waals surface area contributed by atoms with Crippen molar-refractivity contribution in [3.8, 4) is 0 Å². The Morgan fingerprint density at radius 1 is 0.622 bits per heavy atom. The fourth-order valence-corrected chi connectivity index (χ4v) is 9.57. The van der Waals surface area contributed by atoms with Crippen molar-refractivity contribution in [1.29, 1.82) is 0 Å². The zero-order chi connectivity index (χ0) is 28.8. The molecule has 0 saturated carbocycles. The third-order valence-corrected chi connectivity index (χ3v) is 12.9. The van der Waals surface area contributed by atoms with Gasteiger partial charge in [0.25, 0.3) is 0 Å². The molecule has 0 radical (unpaired) electrons. The predicted molar refractivity (Wildman–Crippen MR) is 185 cm³/mol. The van der Waals surface area contributed by atoms with Crippen LogP contribution in [0.1, 0.15) is 146 Å². The summed E-state index contributed by atoms with van der Waals surface area (Å²) in [6, 6.07) is 0. The number of unbranched alkanes of at least 4 members (excludes halogenated alkanes) is 6. The maximum absolute atomic E-state index is 2.39. The zero-order valence-corrected chi connectivity index (χ0v) is 29.4. The normalized spacial score (nSPS) is 11.4. The van der Waals surface area contributed by atoms with Crippen LogP contribution in [0.2, 0.25) is 19.5 Å². The van der Waals surface area contributed by atoms with Crippen LogP contribution in [0.15, 0.2) is 18.7 Å². The highest BCUT2D eigenvalue weighted by Crippen LogP contribution is 2.61. The van der Waals surface area contributed by atoms with E-state index >= 15 is 0 Å². The summed E-state index contributed by atoms with van der Waals surface area (Å²) in [5.41, 5.74) is 0. The van der Waals surface area contributed by atoms with Crippen molar-refractivity contribution in [2.45, 2.75) is 166 Å². The van der Waals surface area contributed by atoms with E-state index in [2.05, 4.69) is 104 Å². The van der Waals surface area contributed by atoms with Crippen LogP contribution < -0.4 is 4.48 Å². The summed E-state index contributed by atoms with van der Waals surface area (Å²) in [4.78, 5) is 0. The lowest BCUT2D eigenvalue weighted by Gasteiger charge is -2.28. The molecule has 2 nitrogen and oxygen atoms in total. The third kappa shape index (κ3) is 25.8. The minimum Gasteiger partial charge on any atom is -0.445 e. The molecule has 0 N–H and O–H groups in total. The Bertz CT molecular complexity index is 491. The van der Waals surface area contributed by atoms with Gasteiger partial charge in [0, 0.05) is 7.26 Å². The van der Waals surface area contributed by atoms with Gasteiger partial charge < -0.3 is 8.96 Å². The molecule has 1 heterocycles. The van der Waals surface area contributed by atoms with E-state index in [1.807, 2.05) is 0 Å². The van der Waals surface area contributed by atoms with Crippen LogP contribution in [-0.4, -0.2) is 43.4 Å². The molecule has 1 aromatic heterocycles. The van der Waals surface area contributed by atoms with Gasteiger partial charge in [-0.3, -0.25) is 0 Å². The van der Waals surface area contributed by atoms with Crippen molar-refractivity contribution in [3.05, 3.63) is 18.7 Å². The monoisotopic (exact) mass is 541 g/mol. The number of aromatic nitrogens is 2. The number of imidazole rings is 1. The Morgan fingerprint density at radius 3 is 1.27 bits per heavy atom. The zero-order valence-electron chi connectivity index (χ0n) is 28.5. The van der Waals surface area contributed by atoms with Crippen LogP contribution in [-0.2, 0) is 0 Å². The van der Waals surface area contributed by atoms with Crippen LogP contribution in [0.5, 0.6) is 0 Å². The summed E-state index contributed by atoms with van der Waals surface area (Å²) in [6.07, 6.45) is 32.6. The molecular formula is C32H75B2N2P. The number of nitrogens with zero attached hydrogens (tertiary/aromatic N) is 2. The molecule has 1 atom stereocenters. The fourth-order valence-electron chi connectivity index (χ4n) is 4.28. The summed E-state index contributed by atoms with van der Waals surface area (Å²) in [5, 5.41) is 0. The standard InChI is InChI=1S/C16H36P.C8H19B2N2.2C4H10/c1-5-9-13-17(14-10-6-2,15-11-7-3)16-12-8-4;1-4-9-11-6-7-12(8-11)10(3)5-2;2*1-3-4-2/h5-16H2,1-4H3;6-8,10H,4-5,9H2,1-3H3;2*3-4H2,1-2H3/q+1;-1;;. The molecule has 0 aliphatic heterocycles. The molecule has 1 aromatic rings. The summed E-state index contributed by atoms with van der Waals surface area (Å²) >= 11 is 0. The molecule has 1 rings (SSSR count). The Kier molecular flexibility index (Phi) is 35.7. The van der Waals surface area contributed by atoms with Crippen molar-refractivity contribution >= 4 is 21.5 Å². The summed E-state index contributed by atoms with van der Waals surface area (Å²) < 4.78 is 4.78. The molecule has 0 aromatic carbocycles. The lowest BCUT2D eigenvalue weighted by atomic mass is 9.62. The highest BCUT2D eigenvalue weighted by atomic mass is 31.2. The van der Waals surface area contributed by atoms with Crippen LogP contribution >= 0.6 is 7.26 Å². The Hall–Kier alpha value is -0.230. The highest BCUT2D eigenvalue weighted by molar-refractivity contribution is 7.75. The summed E-state index contributed by atoms with van der Waals surface area (Å²) in [6.45, 7) is 24.9. The van der Waals surface area contributed by atoms with Gasteiger partial charge in [0.2, 0.25) is 0 Å². The molecule has 0 saturated heterocycles. The van der Waals surface area contributed by atoms with Crippen molar-refractivity contribution in [3.63, 3.8) is 0 Å². The molecule has 0 bridgehead atoms. The average molecular weight is 541 g/mol. The quantitative estimate of drug-likeness (QED) is 0.129. The van der Waals surface area contributed by atoms with E-state index in [9.17, 15) is 0 Å². The number of hydrogen-bond donors (Lipinski definition) is 0. The Morgan fingerprint density at radius 2 is 1.00 bits per heavy atom. The maximum Gasteiger partial charge on any atom is 0.174 e. The second-order valence-electron chi connectivity index (χ2n) is 11.8. The van der Waals surface area contributed by atoms with E-state index in [1.54, 1.807) is 24.6 Å². The van der Waals surface area contributed by atoms with Gasteiger partial charge in [-0.2, -0.15) is 6.82 Å². The van der Waals surface area contributed by atoms with Gasteiger partial charge in [0.1, 0.15) is 6.33 Å². The van der Waals surface area contributed by atoms with Gasteiger partial charge in [-0.25, -0.2) is 0 Å². The molecule has 0 spiro atoms. The topological polar surface area (TPSA) is 8.81 Å². The first-order chi connectivity index (χ1) is 17.8. The summed E-state index contributed by atoms with van der Waals surface area (Å²) in [5.74, 6) is 0. The van der Waals surface area contributed by atoms with Crippen LogP contribution in [0.25, 0.3) is 0 Å². The van der Waals surface area contributed by atoms with Crippen LogP contribution in [0.4, 0.5) is 0 Å².